The molecule has 0 amide bonds. The van der Waals surface area contributed by atoms with Gasteiger partial charge in [0.05, 0.1) is 17.6 Å². The molecule has 0 unspecified atom stereocenters. The van der Waals surface area contributed by atoms with Crippen molar-refractivity contribution >= 4 is 11.0 Å². The Morgan fingerprint density at radius 2 is 1.60 bits per heavy atom. The molecule has 0 fully saturated rings. The molecule has 4 heteroatoms. The van der Waals surface area contributed by atoms with Crippen LogP contribution < -0.4 is 9.47 Å². The maximum Gasteiger partial charge on any atom is 0.147 e. The second-order valence-electron chi connectivity index (χ2n) is 7.64. The Kier molecular flexibility index (Phi) is 6.33. The van der Waals surface area contributed by atoms with Crippen LogP contribution in [0.1, 0.15) is 29.8 Å². The van der Waals surface area contributed by atoms with E-state index in [1.54, 1.807) is 0 Å². The summed E-state index contributed by atoms with van der Waals surface area (Å²) in [5, 5.41) is 0. The largest absolute Gasteiger partial charge is 0.494 e. The van der Waals surface area contributed by atoms with Crippen molar-refractivity contribution in [2.75, 3.05) is 6.61 Å². The summed E-state index contributed by atoms with van der Waals surface area (Å²) in [7, 11) is 0. The summed E-state index contributed by atoms with van der Waals surface area (Å²) in [6, 6.07) is 24.6. The van der Waals surface area contributed by atoms with E-state index in [2.05, 4.69) is 60.9 Å². The lowest BCUT2D eigenvalue weighted by molar-refractivity contribution is 0.285. The molecule has 1 aromatic heterocycles. The van der Waals surface area contributed by atoms with Crippen LogP contribution in [0.3, 0.4) is 0 Å². The van der Waals surface area contributed by atoms with Crippen molar-refractivity contribution < 1.29 is 9.47 Å². The summed E-state index contributed by atoms with van der Waals surface area (Å²) in [6.45, 7) is 6.22. The number of fused-ring (bicyclic) bond motifs is 1. The molecule has 0 aliphatic rings. The average molecular weight is 401 g/mol. The Labute approximate surface area is 178 Å². The van der Waals surface area contributed by atoms with Gasteiger partial charge in [0.25, 0.3) is 0 Å². The summed E-state index contributed by atoms with van der Waals surface area (Å²) in [4.78, 5) is 4.81. The Hall–Kier alpha value is -3.27. The van der Waals surface area contributed by atoms with Gasteiger partial charge < -0.3 is 14.0 Å². The normalized spacial score (nSPS) is 11.0. The maximum absolute atomic E-state index is 6.03. The van der Waals surface area contributed by atoms with Gasteiger partial charge in [-0.2, -0.15) is 0 Å². The number of imidazole rings is 1. The number of benzene rings is 3. The molecule has 0 radical (unpaired) electrons. The quantitative estimate of drug-likeness (QED) is 0.319. The third-order valence-corrected chi connectivity index (χ3v) is 5.16. The molecule has 3 aromatic carbocycles. The van der Waals surface area contributed by atoms with Crippen molar-refractivity contribution in [3.8, 4) is 11.5 Å². The van der Waals surface area contributed by atoms with Crippen molar-refractivity contribution in [1.29, 1.82) is 0 Å². The monoisotopic (exact) mass is 400 g/mol. The van der Waals surface area contributed by atoms with Gasteiger partial charge in [-0.05, 0) is 68.7 Å². The van der Waals surface area contributed by atoms with Gasteiger partial charge >= 0.3 is 0 Å². The third kappa shape index (κ3) is 5.01. The molecule has 4 nitrogen and oxygen atoms in total. The number of rotatable bonds is 9. The lowest BCUT2D eigenvalue weighted by Crippen LogP contribution is -2.09. The fraction of sp³-hybridized carbons (Fsp3) is 0.269. The van der Waals surface area contributed by atoms with Crippen LogP contribution in [0.15, 0.2) is 72.8 Å². The minimum absolute atomic E-state index is 0.456. The van der Waals surface area contributed by atoms with E-state index in [0.29, 0.717) is 13.2 Å². The van der Waals surface area contributed by atoms with Crippen molar-refractivity contribution in [3.63, 3.8) is 0 Å². The van der Waals surface area contributed by atoms with Gasteiger partial charge in [-0.1, -0.05) is 42.0 Å². The number of ether oxygens (including phenoxy) is 2. The lowest BCUT2D eigenvalue weighted by Gasteiger charge is -2.11. The molecule has 30 heavy (non-hydrogen) atoms. The molecule has 4 aromatic rings. The fourth-order valence-corrected chi connectivity index (χ4v) is 3.53. The van der Waals surface area contributed by atoms with Crippen LogP contribution >= 0.6 is 0 Å². The number of hydrogen-bond donors (Lipinski definition) is 0. The summed E-state index contributed by atoms with van der Waals surface area (Å²) in [5.74, 6) is 2.76. The number of nitrogens with zero attached hydrogens (tertiary/aromatic N) is 2. The lowest BCUT2D eigenvalue weighted by atomic mass is 10.2. The van der Waals surface area contributed by atoms with Gasteiger partial charge in [-0.25, -0.2) is 4.98 Å². The summed E-state index contributed by atoms with van der Waals surface area (Å²) in [6.07, 6.45) is 2.00. The van der Waals surface area contributed by atoms with Gasteiger partial charge in [0.1, 0.15) is 23.9 Å². The SMILES string of the molecule is Cc1ccc(OCCCCn2c(COc3cccc(C)c3)nc3ccccc32)cc1. The van der Waals surface area contributed by atoms with E-state index in [1.807, 2.05) is 30.3 Å². The van der Waals surface area contributed by atoms with Gasteiger partial charge in [0.15, 0.2) is 0 Å². The minimum Gasteiger partial charge on any atom is -0.494 e. The summed E-state index contributed by atoms with van der Waals surface area (Å²) in [5.41, 5.74) is 4.60. The van der Waals surface area contributed by atoms with E-state index in [0.717, 1.165) is 47.7 Å². The van der Waals surface area contributed by atoms with Crippen LogP contribution in [-0.2, 0) is 13.2 Å². The Balaban J connectivity index is 1.38. The highest BCUT2D eigenvalue weighted by Gasteiger charge is 2.11. The smallest absolute Gasteiger partial charge is 0.147 e. The van der Waals surface area contributed by atoms with Crippen LogP contribution in [0.5, 0.6) is 11.5 Å². The highest BCUT2D eigenvalue weighted by molar-refractivity contribution is 5.75. The first-order chi connectivity index (χ1) is 14.7. The number of hydrogen-bond acceptors (Lipinski definition) is 3. The van der Waals surface area contributed by atoms with Crippen molar-refractivity contribution in [2.45, 2.75) is 39.8 Å². The third-order valence-electron chi connectivity index (χ3n) is 5.16. The molecule has 0 saturated carbocycles. The predicted molar refractivity (Wildman–Crippen MR) is 121 cm³/mol. The first-order valence-corrected chi connectivity index (χ1v) is 10.5. The summed E-state index contributed by atoms with van der Waals surface area (Å²) < 4.78 is 14.2. The molecule has 0 atom stereocenters. The average Bonchev–Trinajstić information content (AvgIpc) is 3.11. The molecular weight excluding hydrogens is 372 g/mol. The topological polar surface area (TPSA) is 36.3 Å². The van der Waals surface area contributed by atoms with Crippen LogP contribution in [0.25, 0.3) is 11.0 Å². The minimum atomic E-state index is 0.456. The van der Waals surface area contributed by atoms with Crippen LogP contribution in [0.4, 0.5) is 0 Å². The molecule has 0 N–H and O–H groups in total. The molecule has 0 bridgehead atoms. The van der Waals surface area contributed by atoms with Gasteiger partial charge in [0.2, 0.25) is 0 Å². The van der Waals surface area contributed by atoms with Crippen LogP contribution in [-0.4, -0.2) is 16.2 Å². The maximum atomic E-state index is 6.03. The second-order valence-corrected chi connectivity index (χ2v) is 7.64. The Morgan fingerprint density at radius 3 is 2.43 bits per heavy atom. The number of aryl methyl sites for hydroxylation is 3. The van der Waals surface area contributed by atoms with E-state index in [-0.39, 0.29) is 0 Å². The van der Waals surface area contributed by atoms with Crippen LogP contribution in [0, 0.1) is 13.8 Å². The van der Waals surface area contributed by atoms with E-state index in [1.165, 1.54) is 11.1 Å². The van der Waals surface area contributed by atoms with Gasteiger partial charge in [-0.15, -0.1) is 0 Å². The van der Waals surface area contributed by atoms with Crippen LogP contribution in [0.2, 0.25) is 0 Å². The first-order valence-electron chi connectivity index (χ1n) is 10.5. The number of para-hydroxylation sites is 2. The van der Waals surface area contributed by atoms with E-state index < -0.39 is 0 Å². The van der Waals surface area contributed by atoms with Crippen molar-refractivity contribution in [3.05, 3.63) is 89.7 Å². The van der Waals surface area contributed by atoms with Crippen molar-refractivity contribution in [2.24, 2.45) is 0 Å². The zero-order valence-corrected chi connectivity index (χ0v) is 17.7. The molecule has 0 saturated heterocycles. The van der Waals surface area contributed by atoms with Crippen molar-refractivity contribution in [1.82, 2.24) is 9.55 Å². The standard InChI is InChI=1S/C26H28N2O2/c1-20-12-14-22(15-13-20)29-17-6-5-16-28-25-11-4-3-10-24(25)27-26(28)19-30-23-9-7-8-21(2)18-23/h3-4,7-15,18H,5-6,16-17,19H2,1-2H3. The number of unbranched alkanes of at least 4 members (excludes halogenated alkanes) is 1. The highest BCUT2D eigenvalue weighted by atomic mass is 16.5. The summed E-state index contributed by atoms with van der Waals surface area (Å²) >= 11 is 0. The molecule has 1 heterocycles. The van der Waals surface area contributed by atoms with Gasteiger partial charge in [-0.3, -0.25) is 0 Å². The van der Waals surface area contributed by atoms with Gasteiger partial charge in [0, 0.05) is 6.54 Å². The fourth-order valence-electron chi connectivity index (χ4n) is 3.53. The molecule has 0 aliphatic carbocycles. The van der Waals surface area contributed by atoms with E-state index >= 15 is 0 Å². The highest BCUT2D eigenvalue weighted by Crippen LogP contribution is 2.20. The number of aromatic nitrogens is 2. The first kappa shape index (κ1) is 20.0. The molecule has 0 spiro atoms. The molecule has 154 valence electrons. The Morgan fingerprint density at radius 1 is 0.767 bits per heavy atom. The zero-order valence-electron chi connectivity index (χ0n) is 17.7. The molecular formula is C26H28N2O2. The van der Waals surface area contributed by atoms with E-state index in [9.17, 15) is 0 Å². The molecule has 4 rings (SSSR count). The predicted octanol–water partition coefficient (Wildman–Crippen LogP) is 6.09. The second kappa shape index (κ2) is 9.49. The Bertz CT molecular complexity index is 1100. The zero-order chi connectivity index (χ0) is 20.8. The molecule has 0 aliphatic heterocycles. The van der Waals surface area contributed by atoms with E-state index in [4.69, 9.17) is 14.5 Å².